The molecule has 0 radical (unpaired) electrons. The fraction of sp³-hybridized carbons (Fsp3) is 1.00. The van der Waals surface area contributed by atoms with Crippen molar-refractivity contribution in [3.8, 4) is 0 Å². The second-order valence-corrected chi connectivity index (χ2v) is 7.45. The molecule has 0 aromatic rings. The lowest BCUT2D eigenvalue weighted by atomic mass is 9.96. The van der Waals surface area contributed by atoms with Crippen LogP contribution < -0.4 is 5.32 Å². The Hall–Kier alpha value is -0.120. The SMILES string of the molecule is CCCNC1CC2CCC(C1)N2CC(C)N(C)C1CC1. The first-order chi connectivity index (χ1) is 9.69. The van der Waals surface area contributed by atoms with Gasteiger partial charge in [0.05, 0.1) is 0 Å². The van der Waals surface area contributed by atoms with Crippen LogP contribution in [0, 0.1) is 0 Å². The van der Waals surface area contributed by atoms with E-state index in [-0.39, 0.29) is 0 Å². The maximum atomic E-state index is 3.76. The number of nitrogens with zero attached hydrogens (tertiary/aromatic N) is 2. The number of likely N-dealkylation sites (N-methyl/N-ethyl adjacent to an activating group) is 1. The Kier molecular flexibility index (Phi) is 4.68. The van der Waals surface area contributed by atoms with E-state index in [1.807, 2.05) is 0 Å². The molecule has 3 fully saturated rings. The van der Waals surface area contributed by atoms with Crippen molar-refractivity contribution in [2.24, 2.45) is 0 Å². The zero-order valence-electron chi connectivity index (χ0n) is 13.6. The highest BCUT2D eigenvalue weighted by molar-refractivity contribution is 4.99. The van der Waals surface area contributed by atoms with Gasteiger partial charge in [0, 0.05) is 36.8 Å². The summed E-state index contributed by atoms with van der Waals surface area (Å²) in [6.07, 6.45) is 9.77. The summed E-state index contributed by atoms with van der Waals surface area (Å²) in [6, 6.07) is 4.13. The normalized spacial score (nSPS) is 35.7. The summed E-state index contributed by atoms with van der Waals surface area (Å²) in [5, 5.41) is 3.76. The van der Waals surface area contributed by atoms with E-state index in [0.717, 1.165) is 30.2 Å². The monoisotopic (exact) mass is 279 g/mol. The average molecular weight is 279 g/mol. The second-order valence-electron chi connectivity index (χ2n) is 7.45. The first kappa shape index (κ1) is 14.8. The Morgan fingerprint density at radius 1 is 1.15 bits per heavy atom. The molecule has 3 atom stereocenters. The molecule has 0 spiro atoms. The standard InChI is InChI=1S/C17H33N3/c1-4-9-18-14-10-16-7-8-17(11-14)20(16)12-13(2)19(3)15-5-6-15/h13-18H,4-12H2,1-3H3. The first-order valence-electron chi connectivity index (χ1n) is 8.90. The molecule has 0 aromatic heterocycles. The summed E-state index contributed by atoms with van der Waals surface area (Å²) in [7, 11) is 2.33. The lowest BCUT2D eigenvalue weighted by molar-refractivity contribution is 0.0808. The predicted molar refractivity (Wildman–Crippen MR) is 85.1 cm³/mol. The molecule has 0 amide bonds. The van der Waals surface area contributed by atoms with E-state index < -0.39 is 0 Å². The Morgan fingerprint density at radius 2 is 1.80 bits per heavy atom. The molecule has 1 N–H and O–H groups in total. The average Bonchev–Trinajstić information content (AvgIpc) is 3.25. The summed E-state index contributed by atoms with van der Waals surface area (Å²) in [4.78, 5) is 5.48. The van der Waals surface area contributed by atoms with Crippen LogP contribution in [0.3, 0.4) is 0 Å². The van der Waals surface area contributed by atoms with E-state index >= 15 is 0 Å². The quantitative estimate of drug-likeness (QED) is 0.772. The molecule has 3 rings (SSSR count). The summed E-state index contributed by atoms with van der Waals surface area (Å²) in [5.74, 6) is 0. The van der Waals surface area contributed by atoms with E-state index in [4.69, 9.17) is 0 Å². The number of piperidine rings is 1. The number of fused-ring (bicyclic) bond motifs is 2. The van der Waals surface area contributed by atoms with Gasteiger partial charge in [0.15, 0.2) is 0 Å². The van der Waals surface area contributed by atoms with Crippen LogP contribution in [0.4, 0.5) is 0 Å². The van der Waals surface area contributed by atoms with Crippen molar-refractivity contribution < 1.29 is 0 Å². The molecule has 2 heterocycles. The van der Waals surface area contributed by atoms with Crippen molar-refractivity contribution in [1.82, 2.24) is 15.1 Å². The topological polar surface area (TPSA) is 18.5 Å². The van der Waals surface area contributed by atoms with Gasteiger partial charge in [-0.2, -0.15) is 0 Å². The van der Waals surface area contributed by atoms with Gasteiger partial charge in [-0.3, -0.25) is 9.80 Å². The zero-order chi connectivity index (χ0) is 14.1. The molecule has 0 aromatic carbocycles. The lowest BCUT2D eigenvalue weighted by Crippen LogP contribution is -2.53. The van der Waals surface area contributed by atoms with Gasteiger partial charge in [-0.05, 0) is 65.5 Å². The fourth-order valence-corrected chi connectivity index (χ4v) is 4.36. The fourth-order valence-electron chi connectivity index (χ4n) is 4.36. The van der Waals surface area contributed by atoms with Crippen LogP contribution >= 0.6 is 0 Å². The highest BCUT2D eigenvalue weighted by atomic mass is 15.3. The van der Waals surface area contributed by atoms with Crippen LogP contribution in [-0.4, -0.2) is 60.1 Å². The molecular weight excluding hydrogens is 246 g/mol. The predicted octanol–water partition coefficient (Wildman–Crippen LogP) is 2.46. The number of rotatable bonds is 7. The maximum absolute atomic E-state index is 3.76. The lowest BCUT2D eigenvalue weighted by Gasteiger charge is -2.42. The molecule has 2 aliphatic heterocycles. The molecule has 2 saturated heterocycles. The second kappa shape index (κ2) is 6.33. The van der Waals surface area contributed by atoms with E-state index in [2.05, 4.69) is 36.0 Å². The van der Waals surface area contributed by atoms with Crippen LogP contribution in [0.15, 0.2) is 0 Å². The van der Waals surface area contributed by atoms with Gasteiger partial charge in [0.2, 0.25) is 0 Å². The molecule has 3 unspecified atom stereocenters. The molecule has 3 heteroatoms. The van der Waals surface area contributed by atoms with E-state index in [1.54, 1.807) is 0 Å². The molecule has 20 heavy (non-hydrogen) atoms. The van der Waals surface area contributed by atoms with Gasteiger partial charge < -0.3 is 5.32 Å². The number of hydrogen-bond acceptors (Lipinski definition) is 3. The van der Waals surface area contributed by atoms with Crippen molar-refractivity contribution in [1.29, 1.82) is 0 Å². The highest BCUT2D eigenvalue weighted by Gasteiger charge is 2.41. The molecule has 116 valence electrons. The van der Waals surface area contributed by atoms with Gasteiger partial charge in [-0.15, -0.1) is 0 Å². The van der Waals surface area contributed by atoms with Crippen molar-refractivity contribution in [2.75, 3.05) is 20.1 Å². The van der Waals surface area contributed by atoms with Crippen LogP contribution in [0.2, 0.25) is 0 Å². The van der Waals surface area contributed by atoms with Crippen molar-refractivity contribution in [3.05, 3.63) is 0 Å². The zero-order valence-corrected chi connectivity index (χ0v) is 13.6. The number of nitrogens with one attached hydrogen (secondary N) is 1. The van der Waals surface area contributed by atoms with Crippen LogP contribution in [-0.2, 0) is 0 Å². The molecular formula is C17H33N3. The van der Waals surface area contributed by atoms with Gasteiger partial charge in [-0.1, -0.05) is 6.92 Å². The van der Waals surface area contributed by atoms with E-state index in [1.165, 1.54) is 58.0 Å². The minimum Gasteiger partial charge on any atom is -0.314 e. The Labute approximate surface area is 125 Å². The van der Waals surface area contributed by atoms with Crippen LogP contribution in [0.5, 0.6) is 0 Å². The minimum absolute atomic E-state index is 0.728. The molecule has 2 bridgehead atoms. The first-order valence-corrected chi connectivity index (χ1v) is 8.90. The molecule has 1 aliphatic carbocycles. The highest BCUT2D eigenvalue weighted by Crippen LogP contribution is 2.36. The summed E-state index contributed by atoms with van der Waals surface area (Å²) >= 11 is 0. The Balaban J connectivity index is 1.51. The molecule has 3 aliphatic rings. The van der Waals surface area contributed by atoms with Gasteiger partial charge in [0.25, 0.3) is 0 Å². The van der Waals surface area contributed by atoms with Crippen LogP contribution in [0.1, 0.15) is 58.8 Å². The summed E-state index contributed by atoms with van der Waals surface area (Å²) in [5.41, 5.74) is 0. The van der Waals surface area contributed by atoms with E-state index in [9.17, 15) is 0 Å². The van der Waals surface area contributed by atoms with Gasteiger partial charge in [-0.25, -0.2) is 0 Å². The maximum Gasteiger partial charge on any atom is 0.0195 e. The molecule has 3 nitrogen and oxygen atoms in total. The van der Waals surface area contributed by atoms with Crippen molar-refractivity contribution in [2.45, 2.75) is 89.0 Å². The van der Waals surface area contributed by atoms with E-state index in [0.29, 0.717) is 0 Å². The third kappa shape index (κ3) is 3.20. The van der Waals surface area contributed by atoms with Crippen LogP contribution in [0.25, 0.3) is 0 Å². The molecule has 1 saturated carbocycles. The minimum atomic E-state index is 0.728. The smallest absolute Gasteiger partial charge is 0.0195 e. The van der Waals surface area contributed by atoms with Gasteiger partial charge >= 0.3 is 0 Å². The summed E-state index contributed by atoms with van der Waals surface area (Å²) < 4.78 is 0. The third-order valence-electron chi connectivity index (χ3n) is 5.86. The Bertz CT molecular complexity index is 301. The third-order valence-corrected chi connectivity index (χ3v) is 5.86. The van der Waals surface area contributed by atoms with Crippen molar-refractivity contribution in [3.63, 3.8) is 0 Å². The Morgan fingerprint density at radius 3 is 2.35 bits per heavy atom. The van der Waals surface area contributed by atoms with Crippen molar-refractivity contribution >= 4 is 0 Å². The largest absolute Gasteiger partial charge is 0.314 e. The summed E-state index contributed by atoms with van der Waals surface area (Å²) in [6.45, 7) is 7.19. The van der Waals surface area contributed by atoms with Gasteiger partial charge in [0.1, 0.15) is 0 Å². The number of hydrogen-bond donors (Lipinski definition) is 1.